The van der Waals surface area contributed by atoms with Crippen LogP contribution in [0.2, 0.25) is 0 Å². The second-order valence-electron chi connectivity index (χ2n) is 6.33. The van der Waals surface area contributed by atoms with Gasteiger partial charge < -0.3 is 14.5 Å². The second-order valence-corrected chi connectivity index (χ2v) is 6.33. The Morgan fingerprint density at radius 2 is 1.89 bits per heavy atom. The van der Waals surface area contributed by atoms with Gasteiger partial charge in [-0.2, -0.15) is 0 Å². The van der Waals surface area contributed by atoms with Gasteiger partial charge in [0.25, 0.3) is 5.91 Å². The van der Waals surface area contributed by atoms with Crippen molar-refractivity contribution >= 4 is 28.9 Å². The molecular weight excluding hydrogens is 342 g/mol. The monoisotopic (exact) mass is 363 g/mol. The summed E-state index contributed by atoms with van der Waals surface area (Å²) in [5.74, 6) is -0.308. The standard InChI is InChI=1S/C22H21NO4/c1-15-7-9-17(10-8-15)11-12-22(25)26-14-21(24)23-16(2)20-13-18-5-3-4-6-19(18)27-20/h3-13,16H,14H2,1-2H3,(H,23,24)/b12-11+/t16-/m1/s1. The van der Waals surface area contributed by atoms with E-state index in [9.17, 15) is 9.59 Å². The molecule has 0 saturated heterocycles. The van der Waals surface area contributed by atoms with E-state index in [1.165, 1.54) is 6.08 Å². The molecule has 1 amide bonds. The van der Waals surface area contributed by atoms with Gasteiger partial charge in [0.2, 0.25) is 0 Å². The van der Waals surface area contributed by atoms with Crippen LogP contribution in [-0.2, 0) is 14.3 Å². The van der Waals surface area contributed by atoms with Crippen LogP contribution >= 0.6 is 0 Å². The van der Waals surface area contributed by atoms with E-state index in [0.717, 1.165) is 22.1 Å². The molecule has 0 unspecified atom stereocenters. The lowest BCUT2D eigenvalue weighted by Crippen LogP contribution is -2.30. The summed E-state index contributed by atoms with van der Waals surface area (Å²) in [6.07, 6.45) is 2.96. The number of hydrogen-bond acceptors (Lipinski definition) is 4. The van der Waals surface area contributed by atoms with Crippen molar-refractivity contribution in [3.05, 3.63) is 77.6 Å². The summed E-state index contributed by atoms with van der Waals surface area (Å²) in [6.45, 7) is 3.46. The molecule has 0 radical (unpaired) electrons. The van der Waals surface area contributed by atoms with Crippen molar-refractivity contribution in [3.63, 3.8) is 0 Å². The summed E-state index contributed by atoms with van der Waals surface area (Å²) in [4.78, 5) is 23.8. The molecule has 0 bridgehead atoms. The molecule has 0 saturated carbocycles. The highest BCUT2D eigenvalue weighted by atomic mass is 16.5. The molecular formula is C22H21NO4. The van der Waals surface area contributed by atoms with Gasteiger partial charge in [-0.25, -0.2) is 4.79 Å². The minimum Gasteiger partial charge on any atom is -0.459 e. The van der Waals surface area contributed by atoms with E-state index >= 15 is 0 Å². The number of furan rings is 1. The predicted molar refractivity (Wildman–Crippen MR) is 104 cm³/mol. The van der Waals surface area contributed by atoms with Crippen LogP contribution in [0.4, 0.5) is 0 Å². The number of nitrogens with one attached hydrogen (secondary N) is 1. The van der Waals surface area contributed by atoms with Gasteiger partial charge in [0.1, 0.15) is 11.3 Å². The number of aryl methyl sites for hydroxylation is 1. The molecule has 5 nitrogen and oxygen atoms in total. The Kier molecular flexibility index (Phi) is 5.71. The van der Waals surface area contributed by atoms with Gasteiger partial charge in [-0.05, 0) is 37.6 Å². The van der Waals surface area contributed by atoms with Crippen molar-refractivity contribution in [2.45, 2.75) is 19.9 Å². The van der Waals surface area contributed by atoms with Crippen molar-refractivity contribution in [3.8, 4) is 0 Å². The van der Waals surface area contributed by atoms with Gasteiger partial charge in [0.05, 0.1) is 6.04 Å². The molecule has 3 rings (SSSR count). The van der Waals surface area contributed by atoms with Gasteiger partial charge >= 0.3 is 5.97 Å². The number of fused-ring (bicyclic) bond motifs is 1. The fourth-order valence-electron chi connectivity index (χ4n) is 2.60. The molecule has 1 atom stereocenters. The number of rotatable bonds is 6. The summed E-state index contributed by atoms with van der Waals surface area (Å²) in [7, 11) is 0. The fourth-order valence-corrected chi connectivity index (χ4v) is 2.60. The molecule has 5 heteroatoms. The molecule has 0 aliphatic heterocycles. The van der Waals surface area contributed by atoms with Crippen LogP contribution in [0.25, 0.3) is 17.0 Å². The lowest BCUT2D eigenvalue weighted by molar-refractivity contribution is -0.144. The topological polar surface area (TPSA) is 68.5 Å². The molecule has 0 aliphatic carbocycles. The van der Waals surface area contributed by atoms with E-state index in [0.29, 0.717) is 5.76 Å². The van der Waals surface area contributed by atoms with Crippen LogP contribution in [0.5, 0.6) is 0 Å². The smallest absolute Gasteiger partial charge is 0.331 e. The Labute approximate surface area is 157 Å². The molecule has 1 N–H and O–H groups in total. The number of hydrogen-bond donors (Lipinski definition) is 1. The maximum atomic E-state index is 12.0. The largest absolute Gasteiger partial charge is 0.459 e. The molecule has 1 aromatic heterocycles. The van der Waals surface area contributed by atoms with E-state index in [1.807, 2.05) is 68.4 Å². The molecule has 27 heavy (non-hydrogen) atoms. The highest BCUT2D eigenvalue weighted by Crippen LogP contribution is 2.23. The van der Waals surface area contributed by atoms with E-state index < -0.39 is 5.97 Å². The lowest BCUT2D eigenvalue weighted by Gasteiger charge is -2.11. The van der Waals surface area contributed by atoms with Crippen LogP contribution < -0.4 is 5.32 Å². The fraction of sp³-hybridized carbons (Fsp3) is 0.182. The molecule has 1 heterocycles. The first-order valence-corrected chi connectivity index (χ1v) is 8.70. The minimum absolute atomic E-state index is 0.327. The highest BCUT2D eigenvalue weighted by Gasteiger charge is 2.15. The Morgan fingerprint density at radius 1 is 1.15 bits per heavy atom. The summed E-state index contributed by atoms with van der Waals surface area (Å²) < 4.78 is 10.7. The maximum absolute atomic E-state index is 12.0. The van der Waals surface area contributed by atoms with Crippen LogP contribution in [0.1, 0.15) is 29.9 Å². The zero-order valence-electron chi connectivity index (χ0n) is 15.3. The average molecular weight is 363 g/mol. The average Bonchev–Trinajstić information content (AvgIpc) is 3.10. The molecule has 2 aromatic carbocycles. The maximum Gasteiger partial charge on any atom is 0.331 e. The van der Waals surface area contributed by atoms with E-state index in [-0.39, 0.29) is 18.6 Å². The SMILES string of the molecule is Cc1ccc(/C=C/C(=O)OCC(=O)N[C@H](C)c2cc3ccccc3o2)cc1. The minimum atomic E-state index is -0.567. The number of esters is 1. The number of carbonyl (C=O) groups excluding carboxylic acids is 2. The van der Waals surface area contributed by atoms with Gasteiger partial charge in [0, 0.05) is 11.5 Å². The van der Waals surface area contributed by atoms with Crippen LogP contribution in [0.15, 0.2) is 65.1 Å². The lowest BCUT2D eigenvalue weighted by atomic mass is 10.1. The highest BCUT2D eigenvalue weighted by molar-refractivity contribution is 5.89. The van der Waals surface area contributed by atoms with Gasteiger partial charge in [-0.1, -0.05) is 48.0 Å². The van der Waals surface area contributed by atoms with Crippen molar-refractivity contribution in [1.29, 1.82) is 0 Å². The normalized spacial score (nSPS) is 12.2. The van der Waals surface area contributed by atoms with Gasteiger partial charge in [-0.3, -0.25) is 4.79 Å². The first kappa shape index (κ1) is 18.5. The molecule has 0 spiro atoms. The number of para-hydroxylation sites is 1. The number of carbonyl (C=O) groups is 2. The Balaban J connectivity index is 1.48. The van der Waals surface area contributed by atoms with Crippen LogP contribution in [0.3, 0.4) is 0 Å². The third-order valence-corrected chi connectivity index (χ3v) is 4.08. The van der Waals surface area contributed by atoms with Crippen molar-refractivity contribution in [2.75, 3.05) is 6.61 Å². The Bertz CT molecular complexity index is 936. The molecule has 0 fully saturated rings. The van der Waals surface area contributed by atoms with Gasteiger partial charge in [0.15, 0.2) is 6.61 Å². The number of benzene rings is 2. The third kappa shape index (κ3) is 5.07. The number of amides is 1. The Hall–Kier alpha value is -3.34. The summed E-state index contributed by atoms with van der Waals surface area (Å²) in [6, 6.07) is 16.9. The summed E-state index contributed by atoms with van der Waals surface area (Å²) in [5, 5.41) is 3.73. The van der Waals surface area contributed by atoms with Crippen LogP contribution in [0, 0.1) is 6.92 Å². The van der Waals surface area contributed by atoms with Crippen molar-refractivity contribution < 1.29 is 18.7 Å². The van der Waals surface area contributed by atoms with E-state index in [1.54, 1.807) is 6.08 Å². The summed E-state index contributed by atoms with van der Waals surface area (Å²) in [5.41, 5.74) is 2.80. The predicted octanol–water partition coefficient (Wildman–Crippen LogP) is 4.18. The first-order valence-electron chi connectivity index (χ1n) is 8.70. The quantitative estimate of drug-likeness (QED) is 0.527. The molecule has 0 aliphatic rings. The second kappa shape index (κ2) is 8.36. The zero-order valence-corrected chi connectivity index (χ0v) is 15.3. The van der Waals surface area contributed by atoms with E-state index in [4.69, 9.17) is 9.15 Å². The third-order valence-electron chi connectivity index (χ3n) is 4.08. The molecule has 138 valence electrons. The van der Waals surface area contributed by atoms with Crippen molar-refractivity contribution in [2.24, 2.45) is 0 Å². The Morgan fingerprint density at radius 3 is 2.63 bits per heavy atom. The van der Waals surface area contributed by atoms with Crippen LogP contribution in [-0.4, -0.2) is 18.5 Å². The molecule has 3 aromatic rings. The first-order chi connectivity index (χ1) is 13.0. The van der Waals surface area contributed by atoms with E-state index in [2.05, 4.69) is 5.32 Å². The van der Waals surface area contributed by atoms with Gasteiger partial charge in [-0.15, -0.1) is 0 Å². The number of ether oxygens (including phenoxy) is 1. The van der Waals surface area contributed by atoms with Crippen molar-refractivity contribution in [1.82, 2.24) is 5.32 Å². The summed E-state index contributed by atoms with van der Waals surface area (Å²) >= 11 is 0. The zero-order chi connectivity index (χ0) is 19.2.